The predicted molar refractivity (Wildman–Crippen MR) is 139 cm³/mol. The summed E-state index contributed by atoms with van der Waals surface area (Å²) in [5.41, 5.74) is 7.94. The number of methoxy groups -OCH3 is 1. The number of hydrogen-bond donors (Lipinski definition) is 0. The standard InChI is InChI=1S/C29H40F3NO2/c1-7-10-12-15-26-25(14-11-8-2)24(13-9-3)20(4)21(5)28(26)33-19-22-18-23(35-29(30,31)32)16-17-27(22)34-6/h16-19H,7-15H2,1-6H3. The second kappa shape index (κ2) is 13.6. The molecule has 2 aromatic rings. The van der Waals surface area contributed by atoms with E-state index < -0.39 is 6.36 Å². The van der Waals surface area contributed by atoms with Crippen molar-refractivity contribution < 1.29 is 22.6 Å². The van der Waals surface area contributed by atoms with Gasteiger partial charge >= 0.3 is 6.36 Å². The highest BCUT2D eigenvalue weighted by Gasteiger charge is 2.31. The Morgan fingerprint density at radius 1 is 0.829 bits per heavy atom. The van der Waals surface area contributed by atoms with Crippen LogP contribution in [-0.2, 0) is 19.3 Å². The molecule has 0 spiro atoms. The van der Waals surface area contributed by atoms with Crippen molar-refractivity contribution in [1.82, 2.24) is 0 Å². The summed E-state index contributed by atoms with van der Waals surface area (Å²) in [6, 6.07) is 4.04. The number of halogens is 3. The summed E-state index contributed by atoms with van der Waals surface area (Å²) in [4.78, 5) is 4.89. The first-order valence-corrected chi connectivity index (χ1v) is 12.8. The number of nitrogens with zero attached hydrogens (tertiary/aromatic N) is 1. The van der Waals surface area contributed by atoms with E-state index in [1.54, 1.807) is 6.21 Å². The van der Waals surface area contributed by atoms with Crippen LogP contribution in [0.1, 0.15) is 92.7 Å². The van der Waals surface area contributed by atoms with Crippen molar-refractivity contribution in [2.45, 2.75) is 98.8 Å². The summed E-state index contributed by atoms with van der Waals surface area (Å²) in [5, 5.41) is 0. The van der Waals surface area contributed by atoms with Crippen LogP contribution in [0.15, 0.2) is 23.2 Å². The minimum atomic E-state index is -4.76. The third kappa shape index (κ3) is 8.01. The van der Waals surface area contributed by atoms with Gasteiger partial charge in [-0.3, -0.25) is 4.99 Å². The van der Waals surface area contributed by atoms with Gasteiger partial charge in [-0.1, -0.05) is 46.5 Å². The SMILES string of the molecule is CCCCCc1c(CCCC)c(CCC)c(C)c(C)c1N=Cc1cc(OC(F)(F)F)ccc1OC. The molecule has 0 atom stereocenters. The van der Waals surface area contributed by atoms with Crippen LogP contribution < -0.4 is 9.47 Å². The molecule has 0 N–H and O–H groups in total. The third-order valence-electron chi connectivity index (χ3n) is 6.46. The van der Waals surface area contributed by atoms with Crippen LogP contribution >= 0.6 is 0 Å². The van der Waals surface area contributed by atoms with Gasteiger partial charge in [0.2, 0.25) is 0 Å². The first kappa shape index (κ1) is 28.7. The van der Waals surface area contributed by atoms with E-state index in [4.69, 9.17) is 9.73 Å². The molecule has 0 aliphatic rings. The van der Waals surface area contributed by atoms with Crippen molar-refractivity contribution in [1.29, 1.82) is 0 Å². The van der Waals surface area contributed by atoms with E-state index in [1.807, 2.05) is 0 Å². The summed E-state index contributed by atoms with van der Waals surface area (Å²) in [6.45, 7) is 10.9. The second-order valence-corrected chi connectivity index (χ2v) is 9.05. The molecule has 0 fully saturated rings. The normalized spacial score (nSPS) is 11.9. The number of alkyl halides is 3. The monoisotopic (exact) mass is 491 g/mol. The zero-order valence-corrected chi connectivity index (χ0v) is 22.1. The fourth-order valence-electron chi connectivity index (χ4n) is 4.57. The molecule has 2 rings (SSSR count). The molecule has 0 bridgehead atoms. The van der Waals surface area contributed by atoms with Gasteiger partial charge in [-0.05, 0) is 92.0 Å². The number of benzene rings is 2. The van der Waals surface area contributed by atoms with E-state index >= 15 is 0 Å². The minimum Gasteiger partial charge on any atom is -0.496 e. The van der Waals surface area contributed by atoms with Crippen molar-refractivity contribution in [3.63, 3.8) is 0 Å². The van der Waals surface area contributed by atoms with Crippen molar-refractivity contribution in [3.8, 4) is 11.5 Å². The lowest BCUT2D eigenvalue weighted by atomic mass is 9.84. The molecule has 35 heavy (non-hydrogen) atoms. The van der Waals surface area contributed by atoms with Crippen molar-refractivity contribution in [2.24, 2.45) is 4.99 Å². The van der Waals surface area contributed by atoms with Gasteiger partial charge in [-0.2, -0.15) is 0 Å². The first-order chi connectivity index (χ1) is 16.7. The Morgan fingerprint density at radius 2 is 1.51 bits per heavy atom. The van der Waals surface area contributed by atoms with Gasteiger partial charge in [0.25, 0.3) is 0 Å². The fourth-order valence-corrected chi connectivity index (χ4v) is 4.57. The van der Waals surface area contributed by atoms with Gasteiger partial charge < -0.3 is 9.47 Å². The molecule has 0 amide bonds. The lowest BCUT2D eigenvalue weighted by Gasteiger charge is -2.23. The van der Waals surface area contributed by atoms with E-state index in [-0.39, 0.29) is 5.75 Å². The summed E-state index contributed by atoms with van der Waals surface area (Å²) >= 11 is 0. The zero-order chi connectivity index (χ0) is 26.0. The largest absolute Gasteiger partial charge is 0.573 e. The highest BCUT2D eigenvalue weighted by molar-refractivity contribution is 5.87. The maximum atomic E-state index is 12.8. The van der Waals surface area contributed by atoms with Crippen LogP contribution in [0.2, 0.25) is 0 Å². The summed E-state index contributed by atoms with van der Waals surface area (Å²) < 4.78 is 47.8. The number of unbranched alkanes of at least 4 members (excludes halogenated alkanes) is 3. The number of aliphatic imine (C=N–C) groups is 1. The number of hydrogen-bond acceptors (Lipinski definition) is 3. The smallest absolute Gasteiger partial charge is 0.496 e. The van der Waals surface area contributed by atoms with Gasteiger partial charge in [0, 0.05) is 11.8 Å². The molecular weight excluding hydrogens is 451 g/mol. The maximum absolute atomic E-state index is 12.8. The van der Waals surface area contributed by atoms with Crippen molar-refractivity contribution in [3.05, 3.63) is 51.6 Å². The predicted octanol–water partition coefficient (Wildman–Crippen LogP) is 8.99. The van der Waals surface area contributed by atoms with Crippen LogP contribution in [0.5, 0.6) is 11.5 Å². The Bertz CT molecular complexity index is 997. The van der Waals surface area contributed by atoms with E-state index in [9.17, 15) is 13.2 Å². The minimum absolute atomic E-state index is 0.294. The summed E-state index contributed by atoms with van der Waals surface area (Å²) in [7, 11) is 1.49. The average Bonchev–Trinajstić information content (AvgIpc) is 2.81. The van der Waals surface area contributed by atoms with Gasteiger partial charge in [-0.25, -0.2) is 0 Å². The molecule has 6 heteroatoms. The molecule has 0 aliphatic heterocycles. The Hall–Kier alpha value is -2.50. The van der Waals surface area contributed by atoms with E-state index in [2.05, 4.69) is 39.4 Å². The van der Waals surface area contributed by atoms with Crippen molar-refractivity contribution >= 4 is 11.9 Å². The van der Waals surface area contributed by atoms with E-state index in [1.165, 1.54) is 47.6 Å². The molecule has 0 aliphatic carbocycles. The molecule has 2 aromatic carbocycles. The maximum Gasteiger partial charge on any atom is 0.573 e. The molecule has 0 unspecified atom stereocenters. The molecule has 0 radical (unpaired) electrons. The zero-order valence-electron chi connectivity index (χ0n) is 22.1. The fraction of sp³-hybridized carbons (Fsp3) is 0.552. The number of ether oxygens (including phenoxy) is 2. The van der Waals surface area contributed by atoms with Gasteiger partial charge in [0.15, 0.2) is 0 Å². The van der Waals surface area contributed by atoms with Crippen molar-refractivity contribution in [2.75, 3.05) is 7.11 Å². The Labute approximate surface area is 208 Å². The lowest BCUT2D eigenvalue weighted by molar-refractivity contribution is -0.274. The van der Waals surface area contributed by atoms with E-state index in [0.29, 0.717) is 11.3 Å². The van der Waals surface area contributed by atoms with Crippen LogP contribution in [0, 0.1) is 13.8 Å². The van der Waals surface area contributed by atoms with E-state index in [0.717, 1.165) is 69.0 Å². The Balaban J connectivity index is 2.65. The van der Waals surface area contributed by atoms with Gasteiger partial charge in [0.05, 0.1) is 12.8 Å². The molecule has 0 heterocycles. The van der Waals surface area contributed by atoms with Crippen LogP contribution in [0.4, 0.5) is 18.9 Å². The van der Waals surface area contributed by atoms with Crippen LogP contribution in [-0.4, -0.2) is 19.7 Å². The highest BCUT2D eigenvalue weighted by Crippen LogP contribution is 2.37. The summed E-state index contributed by atoms with van der Waals surface area (Å²) in [5.74, 6) is 0.150. The molecule has 3 nitrogen and oxygen atoms in total. The first-order valence-electron chi connectivity index (χ1n) is 12.8. The molecule has 0 aromatic heterocycles. The Morgan fingerprint density at radius 3 is 2.11 bits per heavy atom. The highest BCUT2D eigenvalue weighted by atomic mass is 19.4. The topological polar surface area (TPSA) is 30.8 Å². The molecule has 0 saturated heterocycles. The van der Waals surface area contributed by atoms with Crippen LogP contribution in [0.25, 0.3) is 0 Å². The second-order valence-electron chi connectivity index (χ2n) is 9.05. The molecular formula is C29H40F3NO2. The Kier molecular flexibility index (Phi) is 11.1. The van der Waals surface area contributed by atoms with Gasteiger partial charge in [0.1, 0.15) is 11.5 Å². The lowest BCUT2D eigenvalue weighted by Crippen LogP contribution is -2.17. The average molecular weight is 492 g/mol. The number of rotatable bonds is 13. The summed E-state index contributed by atoms with van der Waals surface area (Å²) in [6.07, 6.45) is 6.56. The quantitative estimate of drug-likeness (QED) is 0.207. The third-order valence-corrected chi connectivity index (χ3v) is 6.46. The van der Waals surface area contributed by atoms with Crippen LogP contribution in [0.3, 0.4) is 0 Å². The molecule has 0 saturated carbocycles. The van der Waals surface area contributed by atoms with Gasteiger partial charge in [-0.15, -0.1) is 13.2 Å². The molecule has 194 valence electrons.